The van der Waals surface area contributed by atoms with Gasteiger partial charge >= 0.3 is 5.97 Å². The van der Waals surface area contributed by atoms with E-state index in [0.29, 0.717) is 0 Å². The highest BCUT2D eigenvalue weighted by atomic mass is 32.2. The predicted octanol–water partition coefficient (Wildman–Crippen LogP) is 0.177. The Labute approximate surface area is 86.7 Å². The second-order valence-electron chi connectivity index (χ2n) is 2.69. The molecule has 82 valence electrons. The quantitative estimate of drug-likeness (QED) is 0.628. The Morgan fingerprint density at radius 3 is 2.80 bits per heavy atom. The topological polar surface area (TPSA) is 99.3 Å². The van der Waals surface area contributed by atoms with Crippen LogP contribution in [-0.4, -0.2) is 31.0 Å². The van der Waals surface area contributed by atoms with Gasteiger partial charge in [-0.1, -0.05) is 6.08 Å². The molecular weight excluding hydrogens is 220 g/mol. The van der Waals surface area contributed by atoms with Gasteiger partial charge in [-0.25, -0.2) is 17.9 Å². The lowest BCUT2D eigenvalue weighted by Crippen LogP contribution is -2.23. The maximum absolute atomic E-state index is 11.5. The van der Waals surface area contributed by atoms with Crippen LogP contribution >= 0.6 is 0 Å². The van der Waals surface area contributed by atoms with E-state index in [9.17, 15) is 13.2 Å². The Balaban J connectivity index is 2.95. The van der Waals surface area contributed by atoms with E-state index >= 15 is 0 Å². The van der Waals surface area contributed by atoms with E-state index in [1.54, 1.807) is 0 Å². The van der Waals surface area contributed by atoms with Gasteiger partial charge in [0, 0.05) is 12.7 Å². The van der Waals surface area contributed by atoms with Crippen LogP contribution in [0.4, 0.5) is 0 Å². The van der Waals surface area contributed by atoms with Gasteiger partial charge in [0.2, 0.25) is 10.0 Å². The molecule has 15 heavy (non-hydrogen) atoms. The molecule has 0 aliphatic rings. The van der Waals surface area contributed by atoms with Crippen molar-refractivity contribution >= 4 is 16.0 Å². The van der Waals surface area contributed by atoms with Crippen LogP contribution in [0.3, 0.4) is 0 Å². The molecule has 0 aromatic carbocycles. The Morgan fingerprint density at radius 1 is 1.67 bits per heavy atom. The molecule has 6 nitrogen and oxygen atoms in total. The van der Waals surface area contributed by atoms with Crippen molar-refractivity contribution in [1.82, 2.24) is 9.71 Å². The summed E-state index contributed by atoms with van der Waals surface area (Å²) in [5.74, 6) is -1.21. The van der Waals surface area contributed by atoms with Crippen LogP contribution in [0.5, 0.6) is 0 Å². The van der Waals surface area contributed by atoms with E-state index in [2.05, 4.69) is 16.3 Å². The predicted molar refractivity (Wildman–Crippen MR) is 53.1 cm³/mol. The van der Waals surface area contributed by atoms with Crippen LogP contribution < -0.4 is 4.72 Å². The van der Waals surface area contributed by atoms with Crippen molar-refractivity contribution < 1.29 is 18.3 Å². The first-order valence-electron chi connectivity index (χ1n) is 3.99. The van der Waals surface area contributed by atoms with Crippen molar-refractivity contribution in [3.8, 4) is 0 Å². The Bertz CT molecular complexity index is 475. The van der Waals surface area contributed by atoms with E-state index in [4.69, 9.17) is 5.11 Å². The summed E-state index contributed by atoms with van der Waals surface area (Å²) in [6, 6.07) is 1.05. The molecule has 0 saturated carbocycles. The molecular formula is C8H10N2O4S. The molecule has 1 heterocycles. The number of nitrogens with one attached hydrogen (secondary N) is 2. The molecule has 0 aliphatic carbocycles. The maximum Gasteiger partial charge on any atom is 0.352 e. The lowest BCUT2D eigenvalue weighted by Gasteiger charge is -2.00. The molecule has 0 amide bonds. The number of sulfonamides is 1. The summed E-state index contributed by atoms with van der Waals surface area (Å²) >= 11 is 0. The molecule has 0 saturated heterocycles. The van der Waals surface area contributed by atoms with Crippen molar-refractivity contribution in [1.29, 1.82) is 0 Å². The Morgan fingerprint density at radius 2 is 2.33 bits per heavy atom. The molecule has 0 bridgehead atoms. The lowest BCUT2D eigenvalue weighted by atomic mass is 10.4. The Kier molecular flexibility index (Phi) is 3.28. The number of rotatable bonds is 5. The van der Waals surface area contributed by atoms with E-state index in [-0.39, 0.29) is 17.1 Å². The molecule has 3 N–H and O–H groups in total. The van der Waals surface area contributed by atoms with Crippen LogP contribution in [-0.2, 0) is 10.0 Å². The Hall–Kier alpha value is -1.60. The lowest BCUT2D eigenvalue weighted by molar-refractivity contribution is 0.0691. The van der Waals surface area contributed by atoms with Crippen molar-refractivity contribution in [2.24, 2.45) is 0 Å². The molecule has 0 unspecified atom stereocenters. The van der Waals surface area contributed by atoms with Gasteiger partial charge in [-0.05, 0) is 6.07 Å². The number of aromatic amines is 1. The second-order valence-corrected chi connectivity index (χ2v) is 4.46. The van der Waals surface area contributed by atoms with Crippen molar-refractivity contribution in [3.05, 3.63) is 30.6 Å². The highest BCUT2D eigenvalue weighted by Crippen LogP contribution is 2.10. The standard InChI is InChI=1S/C8H10N2O4S/c1-2-3-10-15(13,14)6-4-7(8(11)12)9-5-6/h2,4-5,9-10H,1,3H2,(H,11,12). The largest absolute Gasteiger partial charge is 0.477 e. The monoisotopic (exact) mass is 230 g/mol. The van der Waals surface area contributed by atoms with Gasteiger partial charge in [0.1, 0.15) is 10.6 Å². The van der Waals surface area contributed by atoms with Gasteiger partial charge in [0.25, 0.3) is 0 Å². The average molecular weight is 230 g/mol. The average Bonchev–Trinajstić information content (AvgIpc) is 2.64. The molecule has 7 heteroatoms. The molecule has 0 fully saturated rings. The van der Waals surface area contributed by atoms with Crippen molar-refractivity contribution in [2.45, 2.75) is 4.90 Å². The smallest absolute Gasteiger partial charge is 0.352 e. The number of aromatic nitrogens is 1. The third-order valence-corrected chi connectivity index (χ3v) is 3.02. The van der Waals surface area contributed by atoms with Gasteiger partial charge in [0.15, 0.2) is 0 Å². The van der Waals surface area contributed by atoms with Crippen molar-refractivity contribution in [3.63, 3.8) is 0 Å². The molecule has 1 aromatic heterocycles. The van der Waals surface area contributed by atoms with Crippen LogP contribution in [0, 0.1) is 0 Å². The van der Waals surface area contributed by atoms with E-state index < -0.39 is 16.0 Å². The SMILES string of the molecule is C=CCNS(=O)(=O)c1c[nH]c(C(=O)O)c1. The molecule has 0 aliphatic heterocycles. The van der Waals surface area contributed by atoms with Crippen LogP contribution in [0.15, 0.2) is 29.8 Å². The van der Waals surface area contributed by atoms with E-state index in [1.165, 1.54) is 6.08 Å². The van der Waals surface area contributed by atoms with Gasteiger partial charge in [-0.2, -0.15) is 0 Å². The fraction of sp³-hybridized carbons (Fsp3) is 0.125. The number of aromatic carboxylic acids is 1. The molecule has 1 rings (SSSR count). The van der Waals surface area contributed by atoms with Gasteiger partial charge in [0.05, 0.1) is 0 Å². The highest BCUT2D eigenvalue weighted by Gasteiger charge is 2.16. The molecule has 0 radical (unpaired) electrons. The minimum Gasteiger partial charge on any atom is -0.477 e. The zero-order chi connectivity index (χ0) is 11.5. The second kappa shape index (κ2) is 4.28. The number of carbonyl (C=O) groups is 1. The minimum atomic E-state index is -3.65. The molecule has 1 aromatic rings. The minimum absolute atomic E-state index is 0.0932. The van der Waals surface area contributed by atoms with Crippen molar-refractivity contribution in [2.75, 3.05) is 6.54 Å². The summed E-state index contributed by atoms with van der Waals surface area (Å²) in [6.07, 6.45) is 2.51. The number of carboxylic acids is 1. The molecule has 0 spiro atoms. The van der Waals surface area contributed by atoms with Crippen LogP contribution in [0.25, 0.3) is 0 Å². The van der Waals surface area contributed by atoms with Gasteiger partial charge in [-0.3, -0.25) is 0 Å². The normalized spacial score (nSPS) is 11.2. The van der Waals surface area contributed by atoms with Crippen LogP contribution in [0.2, 0.25) is 0 Å². The number of hydrogen-bond acceptors (Lipinski definition) is 3. The van der Waals surface area contributed by atoms with Gasteiger partial charge < -0.3 is 10.1 Å². The van der Waals surface area contributed by atoms with Gasteiger partial charge in [-0.15, -0.1) is 6.58 Å². The summed E-state index contributed by atoms with van der Waals surface area (Å²) in [5.41, 5.74) is -0.172. The summed E-state index contributed by atoms with van der Waals surface area (Å²) < 4.78 is 25.1. The first kappa shape index (κ1) is 11.5. The van der Waals surface area contributed by atoms with E-state index in [0.717, 1.165) is 12.3 Å². The van der Waals surface area contributed by atoms with E-state index in [1.807, 2.05) is 0 Å². The first-order valence-corrected chi connectivity index (χ1v) is 5.48. The molecule has 0 atom stereocenters. The number of hydrogen-bond donors (Lipinski definition) is 3. The third kappa shape index (κ3) is 2.67. The maximum atomic E-state index is 11.5. The zero-order valence-electron chi connectivity index (χ0n) is 7.73. The van der Waals surface area contributed by atoms with Crippen LogP contribution in [0.1, 0.15) is 10.5 Å². The summed E-state index contributed by atoms with van der Waals surface area (Å²) in [5, 5.41) is 8.58. The summed E-state index contributed by atoms with van der Waals surface area (Å²) in [7, 11) is -3.65. The third-order valence-electron chi connectivity index (χ3n) is 1.61. The fourth-order valence-corrected chi connectivity index (χ4v) is 1.90. The summed E-state index contributed by atoms with van der Waals surface area (Å²) in [4.78, 5) is 12.7. The highest BCUT2D eigenvalue weighted by molar-refractivity contribution is 7.89. The number of carboxylic acid groups (broad SMARTS) is 1. The summed E-state index contributed by atoms with van der Waals surface area (Å²) in [6.45, 7) is 3.46. The number of H-pyrrole nitrogens is 1. The zero-order valence-corrected chi connectivity index (χ0v) is 8.54. The fourth-order valence-electron chi connectivity index (χ4n) is 0.905. The first-order chi connectivity index (χ1) is 6.97.